The summed E-state index contributed by atoms with van der Waals surface area (Å²) in [6, 6.07) is 14.2. The molecule has 0 saturated heterocycles. The summed E-state index contributed by atoms with van der Waals surface area (Å²) in [6.45, 7) is 1.51. The first-order valence-electron chi connectivity index (χ1n) is 5.75. The van der Waals surface area contributed by atoms with Gasteiger partial charge in [-0.2, -0.15) is 0 Å². The van der Waals surface area contributed by atoms with E-state index in [2.05, 4.69) is 27.9 Å². The number of amides is 1. The van der Waals surface area contributed by atoms with Crippen LogP contribution >= 0.6 is 22.6 Å². The quantitative estimate of drug-likeness (QED) is 0.665. The number of carbonyl (C=O) groups excluding carboxylic acids is 2. The highest BCUT2D eigenvalue weighted by Crippen LogP contribution is 2.15. The predicted octanol–water partition coefficient (Wildman–Crippen LogP) is 3.75. The number of halogens is 1. The number of ketones is 1. The minimum Gasteiger partial charge on any atom is -0.322 e. The number of Topliss-reactive ketones (excluding diaryl/α,β-unsaturated/α-hetero) is 1. The lowest BCUT2D eigenvalue weighted by Gasteiger charge is -2.07. The van der Waals surface area contributed by atoms with E-state index in [0.717, 1.165) is 3.57 Å². The largest absolute Gasteiger partial charge is 0.322 e. The molecule has 2 aromatic rings. The van der Waals surface area contributed by atoms with Gasteiger partial charge in [-0.05, 0) is 65.9 Å². The Morgan fingerprint density at radius 1 is 1.00 bits per heavy atom. The molecule has 0 heterocycles. The summed E-state index contributed by atoms with van der Waals surface area (Å²) in [6.07, 6.45) is 0. The number of rotatable bonds is 3. The van der Waals surface area contributed by atoms with Crippen LogP contribution in [0.15, 0.2) is 48.5 Å². The maximum Gasteiger partial charge on any atom is 0.256 e. The van der Waals surface area contributed by atoms with Gasteiger partial charge in [0, 0.05) is 14.8 Å². The van der Waals surface area contributed by atoms with Gasteiger partial charge in [0.25, 0.3) is 5.91 Å². The molecule has 19 heavy (non-hydrogen) atoms. The predicted molar refractivity (Wildman–Crippen MR) is 83.6 cm³/mol. The van der Waals surface area contributed by atoms with Gasteiger partial charge in [0.2, 0.25) is 0 Å². The second-order valence-corrected chi connectivity index (χ2v) is 5.23. The lowest BCUT2D eigenvalue weighted by atomic mass is 10.1. The zero-order chi connectivity index (χ0) is 13.8. The molecule has 0 spiro atoms. The Balaban J connectivity index is 2.15. The van der Waals surface area contributed by atoms with Crippen LogP contribution in [0.4, 0.5) is 5.69 Å². The van der Waals surface area contributed by atoms with E-state index in [9.17, 15) is 9.59 Å². The van der Waals surface area contributed by atoms with Crippen molar-refractivity contribution in [2.45, 2.75) is 6.92 Å². The lowest BCUT2D eigenvalue weighted by Crippen LogP contribution is -2.13. The number of hydrogen-bond donors (Lipinski definition) is 1. The molecule has 1 N–H and O–H groups in total. The van der Waals surface area contributed by atoms with Crippen molar-refractivity contribution in [2.24, 2.45) is 0 Å². The highest BCUT2D eigenvalue weighted by atomic mass is 127. The standard InChI is InChI=1S/C15H12INO2/c1-10(18)11-6-8-12(9-7-11)17-15(19)13-4-2-3-5-14(13)16/h2-9H,1H3,(H,17,19). The van der Waals surface area contributed by atoms with Crippen molar-refractivity contribution in [3.05, 3.63) is 63.2 Å². The van der Waals surface area contributed by atoms with Crippen LogP contribution in [-0.2, 0) is 0 Å². The van der Waals surface area contributed by atoms with Gasteiger partial charge >= 0.3 is 0 Å². The molecule has 0 aliphatic rings. The third-order valence-electron chi connectivity index (χ3n) is 2.67. The van der Waals surface area contributed by atoms with Gasteiger partial charge in [-0.1, -0.05) is 12.1 Å². The van der Waals surface area contributed by atoms with E-state index in [1.54, 1.807) is 30.3 Å². The lowest BCUT2D eigenvalue weighted by molar-refractivity contribution is 0.101. The number of benzene rings is 2. The minimum absolute atomic E-state index is 0.00971. The van der Waals surface area contributed by atoms with Crippen molar-refractivity contribution in [1.82, 2.24) is 0 Å². The minimum atomic E-state index is -0.152. The first-order chi connectivity index (χ1) is 9.08. The van der Waals surface area contributed by atoms with E-state index in [-0.39, 0.29) is 11.7 Å². The number of carbonyl (C=O) groups is 2. The molecule has 0 fully saturated rings. The van der Waals surface area contributed by atoms with Crippen molar-refractivity contribution in [1.29, 1.82) is 0 Å². The van der Waals surface area contributed by atoms with Crippen molar-refractivity contribution < 1.29 is 9.59 Å². The normalized spacial score (nSPS) is 10.0. The van der Waals surface area contributed by atoms with Crippen molar-refractivity contribution in [3.8, 4) is 0 Å². The molecular weight excluding hydrogens is 353 g/mol. The smallest absolute Gasteiger partial charge is 0.256 e. The molecule has 2 aromatic carbocycles. The average molecular weight is 365 g/mol. The Morgan fingerprint density at radius 2 is 1.63 bits per heavy atom. The summed E-state index contributed by atoms with van der Waals surface area (Å²) in [4.78, 5) is 23.2. The third kappa shape index (κ3) is 3.41. The molecule has 0 radical (unpaired) electrons. The number of hydrogen-bond acceptors (Lipinski definition) is 2. The highest BCUT2D eigenvalue weighted by Gasteiger charge is 2.09. The SMILES string of the molecule is CC(=O)c1ccc(NC(=O)c2ccccc2I)cc1. The molecule has 0 aliphatic carbocycles. The molecule has 0 bridgehead atoms. The monoisotopic (exact) mass is 365 g/mol. The Morgan fingerprint density at radius 3 is 2.21 bits per heavy atom. The van der Waals surface area contributed by atoms with Crippen LogP contribution in [0.5, 0.6) is 0 Å². The van der Waals surface area contributed by atoms with Crippen molar-refractivity contribution >= 4 is 40.0 Å². The van der Waals surface area contributed by atoms with Crippen LogP contribution in [0.1, 0.15) is 27.6 Å². The van der Waals surface area contributed by atoms with E-state index in [1.807, 2.05) is 18.2 Å². The number of nitrogens with one attached hydrogen (secondary N) is 1. The fraction of sp³-hybridized carbons (Fsp3) is 0.0667. The Kier molecular flexibility index (Phi) is 4.31. The molecular formula is C15H12INO2. The van der Waals surface area contributed by atoms with Gasteiger partial charge in [-0.15, -0.1) is 0 Å². The van der Waals surface area contributed by atoms with Gasteiger partial charge < -0.3 is 5.32 Å². The van der Waals surface area contributed by atoms with Crippen LogP contribution in [0.2, 0.25) is 0 Å². The Hall–Kier alpha value is -1.69. The Bertz CT molecular complexity index is 620. The maximum absolute atomic E-state index is 12.1. The van der Waals surface area contributed by atoms with E-state index in [1.165, 1.54) is 6.92 Å². The summed E-state index contributed by atoms with van der Waals surface area (Å²) in [5.74, 6) is -0.143. The average Bonchev–Trinajstić information content (AvgIpc) is 2.39. The molecule has 0 atom stereocenters. The first kappa shape index (κ1) is 13.7. The zero-order valence-corrected chi connectivity index (χ0v) is 12.5. The van der Waals surface area contributed by atoms with Crippen LogP contribution in [-0.4, -0.2) is 11.7 Å². The highest BCUT2D eigenvalue weighted by molar-refractivity contribution is 14.1. The molecule has 96 valence electrons. The summed E-state index contributed by atoms with van der Waals surface area (Å²) in [5.41, 5.74) is 1.95. The first-order valence-corrected chi connectivity index (χ1v) is 6.82. The number of anilines is 1. The van der Waals surface area contributed by atoms with Crippen LogP contribution in [0.3, 0.4) is 0 Å². The van der Waals surface area contributed by atoms with E-state index >= 15 is 0 Å². The maximum atomic E-state index is 12.1. The van der Waals surface area contributed by atoms with Crippen molar-refractivity contribution in [3.63, 3.8) is 0 Å². The summed E-state index contributed by atoms with van der Waals surface area (Å²) in [5, 5.41) is 2.81. The fourth-order valence-corrected chi connectivity index (χ4v) is 2.26. The molecule has 0 unspecified atom stereocenters. The van der Waals surface area contributed by atoms with E-state index in [4.69, 9.17) is 0 Å². The molecule has 0 aromatic heterocycles. The van der Waals surface area contributed by atoms with Crippen molar-refractivity contribution in [2.75, 3.05) is 5.32 Å². The summed E-state index contributed by atoms with van der Waals surface area (Å²) >= 11 is 2.13. The molecule has 3 nitrogen and oxygen atoms in total. The van der Waals surface area contributed by atoms with Gasteiger partial charge in [-0.3, -0.25) is 9.59 Å². The third-order valence-corrected chi connectivity index (χ3v) is 3.61. The molecule has 0 aliphatic heterocycles. The topological polar surface area (TPSA) is 46.2 Å². The molecule has 4 heteroatoms. The fourth-order valence-electron chi connectivity index (χ4n) is 1.63. The van der Waals surface area contributed by atoms with Gasteiger partial charge in [0.05, 0.1) is 5.56 Å². The summed E-state index contributed by atoms with van der Waals surface area (Å²) in [7, 11) is 0. The van der Waals surface area contributed by atoms with Gasteiger partial charge in [0.15, 0.2) is 5.78 Å². The van der Waals surface area contributed by atoms with Crippen LogP contribution < -0.4 is 5.32 Å². The summed E-state index contributed by atoms with van der Waals surface area (Å²) < 4.78 is 0.901. The van der Waals surface area contributed by atoms with Crippen LogP contribution in [0.25, 0.3) is 0 Å². The van der Waals surface area contributed by atoms with Crippen LogP contribution in [0, 0.1) is 3.57 Å². The van der Waals surface area contributed by atoms with Gasteiger partial charge in [-0.25, -0.2) is 0 Å². The second-order valence-electron chi connectivity index (χ2n) is 4.07. The second kappa shape index (κ2) is 5.97. The molecule has 0 saturated carbocycles. The molecule has 1 amide bonds. The Labute approximate surface area is 125 Å². The van der Waals surface area contributed by atoms with E-state index in [0.29, 0.717) is 16.8 Å². The van der Waals surface area contributed by atoms with E-state index < -0.39 is 0 Å². The molecule has 2 rings (SSSR count). The zero-order valence-electron chi connectivity index (χ0n) is 10.3. The van der Waals surface area contributed by atoms with Gasteiger partial charge in [0.1, 0.15) is 0 Å².